The number of hydrogen-bond donors (Lipinski definition) is 0. The first kappa shape index (κ1) is 120. The molecule has 0 aromatic rings. The van der Waals surface area contributed by atoms with E-state index in [0.29, 0.717) is 0 Å². The Morgan fingerprint density at radius 3 is 0.750 bits per heavy atom. The Bertz CT molecular complexity index is 6.00. The minimum Gasteiger partial charge on any atom is -0.412 e. The van der Waals surface area contributed by atoms with Gasteiger partial charge in [-0.05, 0) is 0 Å². The maximum atomic E-state index is 0. The number of hydrogen-bond acceptors (Lipinski definition) is 0. The van der Waals surface area contributed by atoms with Gasteiger partial charge in [0, 0.05) is 0 Å². The maximum absolute atomic E-state index is 0. The molecular formula is H8AlClO2. The topological polar surface area (TPSA) is 63.0 Å². The summed E-state index contributed by atoms with van der Waals surface area (Å²) < 4.78 is 0. The third-order valence-electron chi connectivity index (χ3n) is 0. The molecule has 4 heavy (non-hydrogen) atoms. The van der Waals surface area contributed by atoms with Crippen LogP contribution in [-0.2, 0) is 0 Å². The predicted molar refractivity (Wildman–Crippen MR) is 24.4 cm³/mol. The first-order chi connectivity index (χ1) is 0. The van der Waals surface area contributed by atoms with Crippen molar-refractivity contribution in [2.24, 2.45) is 0 Å². The van der Waals surface area contributed by atoms with E-state index in [1.165, 1.54) is 0 Å². The molecule has 0 aliphatic carbocycles. The SMILES string of the molecule is Cl.O.O.[AlH3]. The van der Waals surface area contributed by atoms with Crippen LogP contribution in [0.15, 0.2) is 0 Å². The monoisotopic (exact) mass is 102 g/mol. The molecule has 0 spiro atoms. The van der Waals surface area contributed by atoms with Crippen LogP contribution in [0.25, 0.3) is 0 Å². The van der Waals surface area contributed by atoms with Crippen molar-refractivity contribution < 1.29 is 11.0 Å². The van der Waals surface area contributed by atoms with E-state index in [4.69, 9.17) is 0 Å². The smallest absolute Gasteiger partial charge is 0.187 e. The van der Waals surface area contributed by atoms with Gasteiger partial charge in [0.05, 0.1) is 0 Å². The summed E-state index contributed by atoms with van der Waals surface area (Å²) in [6.07, 6.45) is 0. The lowest BCUT2D eigenvalue weighted by molar-refractivity contribution is 0.823. The summed E-state index contributed by atoms with van der Waals surface area (Å²) in [5.74, 6) is 0. The Hall–Kier alpha value is 0.742. The molecule has 0 bridgehead atoms. The summed E-state index contributed by atoms with van der Waals surface area (Å²) in [4.78, 5) is 0. The molecule has 0 saturated heterocycles. The van der Waals surface area contributed by atoms with Crippen LogP contribution in [-0.4, -0.2) is 28.3 Å². The van der Waals surface area contributed by atoms with Crippen LogP contribution in [0.3, 0.4) is 0 Å². The van der Waals surface area contributed by atoms with Crippen LogP contribution >= 0.6 is 12.4 Å². The molecule has 0 amide bonds. The van der Waals surface area contributed by atoms with Gasteiger partial charge in [0.25, 0.3) is 0 Å². The highest BCUT2D eigenvalue weighted by molar-refractivity contribution is 5.85. The summed E-state index contributed by atoms with van der Waals surface area (Å²) in [6, 6.07) is 0. The maximum Gasteiger partial charge on any atom is 0.187 e. The first-order valence-electron chi connectivity index (χ1n) is 0. The van der Waals surface area contributed by atoms with Crippen LogP contribution in [0.4, 0.5) is 0 Å². The molecular weight excluding hydrogens is 94.4 g/mol. The standard InChI is InChI=1S/Al.ClH.2H2O.3H/h;1H;2*1H2;;;. The van der Waals surface area contributed by atoms with E-state index in [1.807, 2.05) is 0 Å². The van der Waals surface area contributed by atoms with Crippen LogP contribution in [0.1, 0.15) is 0 Å². The van der Waals surface area contributed by atoms with Crippen molar-refractivity contribution in [1.82, 2.24) is 0 Å². The summed E-state index contributed by atoms with van der Waals surface area (Å²) in [7, 11) is 0. The summed E-state index contributed by atoms with van der Waals surface area (Å²) in [6.45, 7) is 0. The zero-order chi connectivity index (χ0) is 0. The minimum absolute atomic E-state index is 0. The summed E-state index contributed by atoms with van der Waals surface area (Å²) >= 11 is 0. The molecule has 0 fully saturated rings. The number of halogens is 1. The van der Waals surface area contributed by atoms with E-state index in [0.717, 1.165) is 0 Å². The predicted octanol–water partition coefficient (Wildman–Crippen LogP) is -2.41. The molecule has 0 aromatic carbocycles. The highest BCUT2D eigenvalue weighted by Crippen LogP contribution is 0.690. The lowest BCUT2D eigenvalue weighted by Crippen LogP contribution is -0.381. The van der Waals surface area contributed by atoms with Gasteiger partial charge in [-0.1, -0.05) is 0 Å². The van der Waals surface area contributed by atoms with Gasteiger partial charge in [-0.2, -0.15) is 0 Å². The molecule has 0 aromatic heterocycles. The van der Waals surface area contributed by atoms with E-state index >= 15 is 0 Å². The third kappa shape index (κ3) is 15.1. The normalized spacial score (nSPS) is 0. The van der Waals surface area contributed by atoms with Crippen molar-refractivity contribution >= 4 is 29.8 Å². The van der Waals surface area contributed by atoms with Gasteiger partial charge in [-0.15, -0.1) is 12.4 Å². The lowest BCUT2D eigenvalue weighted by atomic mass is 16.0. The van der Waals surface area contributed by atoms with Crippen molar-refractivity contribution in [3.63, 3.8) is 0 Å². The van der Waals surface area contributed by atoms with E-state index in [2.05, 4.69) is 0 Å². The summed E-state index contributed by atoms with van der Waals surface area (Å²) in [5, 5.41) is 0. The zero-order valence-corrected chi connectivity index (χ0v) is 2.22. The second-order valence-electron chi connectivity index (χ2n) is 0. The molecule has 4 heteroatoms. The van der Waals surface area contributed by atoms with Crippen LogP contribution in [0, 0.1) is 0 Å². The Morgan fingerprint density at radius 2 is 0.750 bits per heavy atom. The first-order valence-corrected chi connectivity index (χ1v) is 0. The van der Waals surface area contributed by atoms with Crippen molar-refractivity contribution in [3.05, 3.63) is 0 Å². The zero-order valence-electron chi connectivity index (χ0n) is 1.41. The van der Waals surface area contributed by atoms with E-state index in [-0.39, 0.29) is 40.7 Å². The second kappa shape index (κ2) is 51.1. The highest BCUT2D eigenvalue weighted by Gasteiger charge is 0.187. The van der Waals surface area contributed by atoms with Gasteiger partial charge in [0.1, 0.15) is 0 Å². The molecule has 0 unspecified atom stereocenters. The average Bonchev–Trinajstić information content (AvgIpc) is 0. The van der Waals surface area contributed by atoms with Crippen LogP contribution in [0.2, 0.25) is 0 Å². The molecule has 0 rings (SSSR count). The molecule has 0 atom stereocenters. The van der Waals surface area contributed by atoms with Gasteiger partial charge in [-0.3, -0.25) is 0 Å². The van der Waals surface area contributed by atoms with Gasteiger partial charge < -0.3 is 11.0 Å². The molecule has 30 valence electrons. The molecule has 0 aliphatic rings. The van der Waals surface area contributed by atoms with Gasteiger partial charge in [0.15, 0.2) is 17.4 Å². The molecule has 2 nitrogen and oxygen atoms in total. The van der Waals surface area contributed by atoms with E-state index in [1.54, 1.807) is 0 Å². The van der Waals surface area contributed by atoms with Crippen molar-refractivity contribution in [3.8, 4) is 0 Å². The highest BCUT2D eigenvalue weighted by atomic mass is 35.5. The van der Waals surface area contributed by atoms with Gasteiger partial charge in [-0.25, -0.2) is 0 Å². The fourth-order valence-corrected chi connectivity index (χ4v) is 0. The summed E-state index contributed by atoms with van der Waals surface area (Å²) in [5.41, 5.74) is 0. The Kier molecular flexibility index (Phi) is 1540. The Balaban J connectivity index is 0. The second-order valence-corrected chi connectivity index (χ2v) is 0. The fraction of sp³-hybridized carbons (Fsp3) is 0. The quantitative estimate of drug-likeness (QED) is 0.306. The van der Waals surface area contributed by atoms with Crippen molar-refractivity contribution in [2.45, 2.75) is 0 Å². The van der Waals surface area contributed by atoms with E-state index in [9.17, 15) is 0 Å². The average molecular weight is 102 g/mol. The minimum atomic E-state index is 0. The van der Waals surface area contributed by atoms with Crippen LogP contribution < -0.4 is 0 Å². The third-order valence-corrected chi connectivity index (χ3v) is 0. The van der Waals surface area contributed by atoms with Gasteiger partial charge in [0.2, 0.25) is 0 Å². The molecule has 0 radical (unpaired) electrons. The fourth-order valence-electron chi connectivity index (χ4n) is 0. The largest absolute Gasteiger partial charge is 0.412 e. The molecule has 4 N–H and O–H groups in total. The Morgan fingerprint density at radius 1 is 0.750 bits per heavy atom. The van der Waals surface area contributed by atoms with E-state index < -0.39 is 0 Å². The lowest BCUT2D eigenvalue weighted by Gasteiger charge is -0.413. The Labute approximate surface area is 41.4 Å². The number of rotatable bonds is 0. The van der Waals surface area contributed by atoms with Gasteiger partial charge >= 0.3 is 0 Å². The molecule has 0 aliphatic heterocycles. The van der Waals surface area contributed by atoms with Crippen molar-refractivity contribution in [1.29, 1.82) is 0 Å². The van der Waals surface area contributed by atoms with Crippen molar-refractivity contribution in [2.75, 3.05) is 0 Å². The molecule has 0 saturated carbocycles. The van der Waals surface area contributed by atoms with Crippen LogP contribution in [0.5, 0.6) is 0 Å². The molecule has 0 heterocycles.